The summed E-state index contributed by atoms with van der Waals surface area (Å²) in [5.74, 6) is -2.32. The number of ether oxygens (including phenoxy) is 2. The second kappa shape index (κ2) is 4.07. The Balaban J connectivity index is 2.83. The summed E-state index contributed by atoms with van der Waals surface area (Å²) in [5, 5.41) is 36.9. The molecule has 2 bridgehead atoms. The van der Waals surface area contributed by atoms with Crippen LogP contribution in [0.25, 0.3) is 0 Å². The average molecular weight is 270 g/mol. The zero-order valence-electron chi connectivity index (χ0n) is 11.5. The van der Waals surface area contributed by atoms with E-state index in [-0.39, 0.29) is 5.90 Å². The number of hydrogen-bond donors (Lipinski definition) is 1. The highest BCUT2D eigenvalue weighted by molar-refractivity contribution is 5.88. The van der Waals surface area contributed by atoms with Crippen molar-refractivity contribution >= 4 is 5.90 Å². The highest BCUT2D eigenvalue weighted by Crippen LogP contribution is 2.62. The zero-order chi connectivity index (χ0) is 15.2. The minimum Gasteiger partial charge on any atom is -0.448 e. The number of allylic oxidation sites excluding steroid dienone is 1. The summed E-state index contributed by atoms with van der Waals surface area (Å²) in [6.07, 6.45) is 2.40. The summed E-state index contributed by atoms with van der Waals surface area (Å²) in [5.41, 5.74) is -3.44. The predicted molar refractivity (Wildman–Crippen MR) is 67.8 cm³/mol. The van der Waals surface area contributed by atoms with Crippen LogP contribution in [-0.4, -0.2) is 17.8 Å². The molecule has 0 saturated carbocycles. The van der Waals surface area contributed by atoms with Crippen molar-refractivity contribution in [1.82, 2.24) is 0 Å². The number of nitriles is 3. The Bertz CT molecular complexity index is 607. The molecule has 0 aromatic rings. The van der Waals surface area contributed by atoms with E-state index >= 15 is 0 Å². The lowest BCUT2D eigenvalue weighted by molar-refractivity contribution is -0.324. The Labute approximate surface area is 117 Å². The Morgan fingerprint density at radius 3 is 2.30 bits per heavy atom. The number of rotatable bonds is 1. The van der Waals surface area contributed by atoms with E-state index in [0.29, 0.717) is 0 Å². The van der Waals surface area contributed by atoms with E-state index in [4.69, 9.17) is 14.9 Å². The molecule has 3 aliphatic heterocycles. The van der Waals surface area contributed by atoms with Crippen molar-refractivity contribution in [3.05, 3.63) is 12.2 Å². The summed E-state index contributed by atoms with van der Waals surface area (Å²) in [4.78, 5) is 0. The van der Waals surface area contributed by atoms with Crippen LogP contribution >= 0.6 is 0 Å². The van der Waals surface area contributed by atoms with Gasteiger partial charge < -0.3 is 9.47 Å². The first-order valence-corrected chi connectivity index (χ1v) is 6.21. The van der Waals surface area contributed by atoms with Crippen molar-refractivity contribution in [2.75, 3.05) is 0 Å². The van der Waals surface area contributed by atoms with Crippen LogP contribution in [0, 0.1) is 56.2 Å². The molecule has 4 unspecified atom stereocenters. The van der Waals surface area contributed by atoms with Crippen molar-refractivity contribution in [1.29, 1.82) is 21.2 Å². The molecule has 0 aromatic carbocycles. The maximum atomic E-state index is 9.65. The summed E-state index contributed by atoms with van der Waals surface area (Å²) in [7, 11) is 0. The lowest BCUT2D eigenvalue weighted by atomic mass is 9.51. The second-order valence-electron chi connectivity index (χ2n) is 5.18. The van der Waals surface area contributed by atoms with Crippen LogP contribution < -0.4 is 0 Å². The van der Waals surface area contributed by atoms with E-state index in [1.165, 1.54) is 0 Å². The van der Waals surface area contributed by atoms with E-state index in [0.717, 1.165) is 0 Å². The first-order valence-electron chi connectivity index (χ1n) is 6.21. The fourth-order valence-electron chi connectivity index (χ4n) is 3.06. The van der Waals surface area contributed by atoms with Gasteiger partial charge in [0.05, 0.1) is 24.1 Å². The normalized spacial score (nSPS) is 41.5. The summed E-state index contributed by atoms with van der Waals surface area (Å²) in [6, 6.07) is 5.89. The van der Waals surface area contributed by atoms with Crippen LogP contribution in [0.3, 0.4) is 0 Å². The zero-order valence-corrected chi connectivity index (χ0v) is 11.5. The summed E-state index contributed by atoms with van der Waals surface area (Å²) in [6.45, 7) is 4.97. The van der Waals surface area contributed by atoms with Gasteiger partial charge in [0.25, 0.3) is 0 Å². The van der Waals surface area contributed by atoms with Gasteiger partial charge in [-0.25, -0.2) is 0 Å². The maximum absolute atomic E-state index is 9.65. The first kappa shape index (κ1) is 14.1. The van der Waals surface area contributed by atoms with Crippen LogP contribution in [0.15, 0.2) is 12.2 Å². The molecule has 0 aromatic heterocycles. The largest absolute Gasteiger partial charge is 0.448 e. The van der Waals surface area contributed by atoms with Crippen LogP contribution in [0.1, 0.15) is 20.8 Å². The van der Waals surface area contributed by atoms with Crippen LogP contribution in [0.4, 0.5) is 0 Å². The molecule has 0 aliphatic carbocycles. The molecule has 3 rings (SSSR count). The lowest BCUT2D eigenvalue weighted by Gasteiger charge is -2.60. The Morgan fingerprint density at radius 1 is 1.25 bits per heavy atom. The molecule has 0 amide bonds. The fraction of sp³-hybridized carbons (Fsp3) is 0.571. The van der Waals surface area contributed by atoms with Gasteiger partial charge in [-0.1, -0.05) is 19.1 Å². The average Bonchev–Trinajstić information content (AvgIpc) is 2.42. The molecule has 3 saturated heterocycles. The molecule has 20 heavy (non-hydrogen) atoms. The smallest absolute Gasteiger partial charge is 0.215 e. The number of fused-ring (bicyclic) bond motifs is 3. The van der Waals surface area contributed by atoms with Crippen molar-refractivity contribution < 1.29 is 9.47 Å². The number of nitrogens with zero attached hydrogens (tertiary/aromatic N) is 3. The third kappa shape index (κ3) is 1.21. The third-order valence-corrected chi connectivity index (χ3v) is 4.41. The van der Waals surface area contributed by atoms with Gasteiger partial charge in [0, 0.05) is 6.92 Å². The number of hydrogen-bond acceptors (Lipinski definition) is 6. The molecular formula is C14H14N4O2. The lowest BCUT2D eigenvalue weighted by Crippen LogP contribution is -2.73. The van der Waals surface area contributed by atoms with Crippen LogP contribution in [0.5, 0.6) is 0 Å². The van der Waals surface area contributed by atoms with E-state index in [1.54, 1.807) is 32.9 Å². The minimum atomic E-state index is -1.75. The minimum absolute atomic E-state index is 0.377. The topological polar surface area (TPSA) is 114 Å². The molecule has 0 spiro atoms. The van der Waals surface area contributed by atoms with Crippen molar-refractivity contribution in [3.8, 4) is 18.2 Å². The first-order chi connectivity index (χ1) is 9.38. The van der Waals surface area contributed by atoms with Crippen molar-refractivity contribution in [2.24, 2.45) is 16.7 Å². The van der Waals surface area contributed by atoms with Crippen LogP contribution in [0.2, 0.25) is 0 Å². The molecule has 3 aliphatic rings. The fourth-order valence-corrected chi connectivity index (χ4v) is 3.06. The number of nitrogens with one attached hydrogen (secondary N) is 1. The molecule has 102 valence electrons. The van der Waals surface area contributed by atoms with Gasteiger partial charge in [0.1, 0.15) is 6.10 Å². The summed E-state index contributed by atoms with van der Waals surface area (Å²) < 4.78 is 11.2. The SMILES string of the molecule is C/C=C/C1OC2(C)OC(=N)C1(C#N)C(C#N)(C#N)C2C. The van der Waals surface area contributed by atoms with Crippen LogP contribution in [-0.2, 0) is 9.47 Å². The van der Waals surface area contributed by atoms with Gasteiger partial charge in [-0.05, 0) is 6.92 Å². The van der Waals surface area contributed by atoms with Gasteiger partial charge >= 0.3 is 0 Å². The van der Waals surface area contributed by atoms with Gasteiger partial charge in [-0.3, -0.25) is 5.41 Å². The molecule has 0 radical (unpaired) electrons. The van der Waals surface area contributed by atoms with E-state index in [1.807, 2.05) is 18.2 Å². The van der Waals surface area contributed by atoms with Crippen molar-refractivity contribution in [3.63, 3.8) is 0 Å². The molecule has 1 N–H and O–H groups in total. The molecular weight excluding hydrogens is 256 g/mol. The monoisotopic (exact) mass is 270 g/mol. The standard InChI is InChI=1S/C14H14N4O2/c1-4-5-10-14(8-17)11(18)20-12(3,19-10)9(2)13(14,6-15)7-16/h4-5,9-10,18H,1-3H3/b5-4+,18-11?. The van der Waals surface area contributed by atoms with Crippen molar-refractivity contribution in [2.45, 2.75) is 32.7 Å². The molecule has 6 heteroatoms. The Morgan fingerprint density at radius 2 is 1.85 bits per heavy atom. The highest BCUT2D eigenvalue weighted by atomic mass is 16.7. The highest BCUT2D eigenvalue weighted by Gasteiger charge is 2.77. The van der Waals surface area contributed by atoms with E-state index < -0.39 is 28.6 Å². The summed E-state index contributed by atoms with van der Waals surface area (Å²) >= 11 is 0. The molecule has 3 fully saturated rings. The van der Waals surface area contributed by atoms with Gasteiger partial charge in [-0.15, -0.1) is 0 Å². The predicted octanol–water partition coefficient (Wildman–Crippen LogP) is 1.86. The van der Waals surface area contributed by atoms with E-state index in [9.17, 15) is 15.8 Å². The van der Waals surface area contributed by atoms with Gasteiger partial charge in [-0.2, -0.15) is 15.8 Å². The van der Waals surface area contributed by atoms with E-state index in [2.05, 4.69) is 0 Å². The Hall–Kier alpha value is -2.36. The molecule has 3 heterocycles. The molecule has 4 atom stereocenters. The van der Waals surface area contributed by atoms with Gasteiger partial charge in [0.2, 0.25) is 11.7 Å². The molecule has 6 nitrogen and oxygen atoms in total. The quantitative estimate of drug-likeness (QED) is 0.730. The second-order valence-corrected chi connectivity index (χ2v) is 5.18. The third-order valence-electron chi connectivity index (χ3n) is 4.41. The Kier molecular flexibility index (Phi) is 2.86. The maximum Gasteiger partial charge on any atom is 0.215 e. The van der Waals surface area contributed by atoms with Gasteiger partial charge in [0.15, 0.2) is 10.8 Å².